The topological polar surface area (TPSA) is 55.2 Å². The summed E-state index contributed by atoms with van der Waals surface area (Å²) in [7, 11) is 0.682. The van der Waals surface area contributed by atoms with Crippen molar-refractivity contribution in [1.82, 2.24) is 9.97 Å². The average Bonchev–Trinajstić information content (AvgIpc) is 2.90. The SMILES string of the molecule is O[B]Oc1ccccc1-c1cc(-c2ccc(-c3ccccc3)cc2)nc(-c2ccccc2)n1. The van der Waals surface area contributed by atoms with Crippen LogP contribution in [-0.4, -0.2) is 22.7 Å². The van der Waals surface area contributed by atoms with E-state index in [0.29, 0.717) is 25.0 Å². The molecule has 5 heteroatoms. The van der Waals surface area contributed by atoms with Gasteiger partial charge in [0.15, 0.2) is 5.82 Å². The van der Waals surface area contributed by atoms with Crippen molar-refractivity contribution >= 4 is 7.69 Å². The van der Waals surface area contributed by atoms with Crippen molar-refractivity contribution < 1.29 is 9.68 Å². The molecule has 0 amide bonds. The fraction of sp³-hybridized carbons (Fsp3) is 0. The number of benzene rings is 4. The average molecular weight is 427 g/mol. The van der Waals surface area contributed by atoms with E-state index in [1.54, 1.807) is 6.07 Å². The van der Waals surface area contributed by atoms with Crippen molar-refractivity contribution in [2.24, 2.45) is 0 Å². The Balaban J connectivity index is 1.62. The van der Waals surface area contributed by atoms with Gasteiger partial charge in [0.1, 0.15) is 5.75 Å². The molecule has 4 nitrogen and oxygen atoms in total. The van der Waals surface area contributed by atoms with Gasteiger partial charge in [0, 0.05) is 16.7 Å². The van der Waals surface area contributed by atoms with Gasteiger partial charge in [-0.25, -0.2) is 9.97 Å². The summed E-state index contributed by atoms with van der Waals surface area (Å²) < 4.78 is 5.32. The molecule has 1 aromatic heterocycles. The zero-order chi connectivity index (χ0) is 22.5. The minimum absolute atomic E-state index is 0.517. The normalized spacial score (nSPS) is 10.6. The van der Waals surface area contributed by atoms with E-state index in [1.807, 2.05) is 72.8 Å². The molecule has 5 aromatic rings. The molecule has 0 aliphatic carbocycles. The Morgan fingerprint density at radius 1 is 0.545 bits per heavy atom. The lowest BCUT2D eigenvalue weighted by Crippen LogP contribution is -2.02. The van der Waals surface area contributed by atoms with Crippen molar-refractivity contribution in [1.29, 1.82) is 0 Å². The summed E-state index contributed by atoms with van der Waals surface area (Å²) in [6.07, 6.45) is 0. The molecule has 0 aliphatic heterocycles. The lowest BCUT2D eigenvalue weighted by Gasteiger charge is -2.12. The predicted octanol–water partition coefficient (Wildman–Crippen LogP) is 6.05. The highest BCUT2D eigenvalue weighted by atomic mass is 16.5. The van der Waals surface area contributed by atoms with Crippen LogP contribution >= 0.6 is 0 Å². The third-order valence-electron chi connectivity index (χ3n) is 5.39. The van der Waals surface area contributed by atoms with Crippen LogP contribution in [0.25, 0.3) is 45.0 Å². The number of nitrogens with zero attached hydrogens (tertiary/aromatic N) is 2. The van der Waals surface area contributed by atoms with Crippen LogP contribution in [-0.2, 0) is 0 Å². The lowest BCUT2D eigenvalue weighted by atomic mass is 10.0. The quantitative estimate of drug-likeness (QED) is 0.335. The highest BCUT2D eigenvalue weighted by molar-refractivity contribution is 6.17. The Morgan fingerprint density at radius 2 is 1.09 bits per heavy atom. The molecule has 33 heavy (non-hydrogen) atoms. The van der Waals surface area contributed by atoms with Gasteiger partial charge in [0.25, 0.3) is 0 Å². The molecule has 5 rings (SSSR count). The van der Waals surface area contributed by atoms with Gasteiger partial charge >= 0.3 is 7.69 Å². The summed E-state index contributed by atoms with van der Waals surface area (Å²) in [4.78, 5) is 9.69. The molecule has 0 fully saturated rings. The van der Waals surface area contributed by atoms with Gasteiger partial charge in [0.2, 0.25) is 0 Å². The van der Waals surface area contributed by atoms with Crippen molar-refractivity contribution in [3.8, 4) is 50.8 Å². The highest BCUT2D eigenvalue weighted by Crippen LogP contribution is 2.33. The van der Waals surface area contributed by atoms with Crippen LogP contribution in [0.5, 0.6) is 5.75 Å². The Hall–Kier alpha value is -4.22. The molecular weight excluding hydrogens is 407 g/mol. The summed E-state index contributed by atoms with van der Waals surface area (Å²) in [5.74, 6) is 1.14. The standard InChI is InChI=1S/C28H20BN2O2/c32-29-33-27-14-8-7-13-24(27)26-19-25(30-28(31-26)23-11-5-2-6-12-23)22-17-15-21(16-18-22)20-9-3-1-4-10-20/h1-19,32H. The number of para-hydroxylation sites is 1. The molecule has 0 unspecified atom stereocenters. The van der Waals surface area contributed by atoms with Crippen LogP contribution in [0.4, 0.5) is 0 Å². The van der Waals surface area contributed by atoms with Gasteiger partial charge < -0.3 is 9.68 Å². The second-order valence-electron chi connectivity index (χ2n) is 7.49. The van der Waals surface area contributed by atoms with E-state index in [2.05, 4.69) is 36.4 Å². The van der Waals surface area contributed by atoms with Crippen LogP contribution < -0.4 is 4.65 Å². The van der Waals surface area contributed by atoms with Gasteiger partial charge in [-0.3, -0.25) is 0 Å². The highest BCUT2D eigenvalue weighted by Gasteiger charge is 2.14. The minimum Gasteiger partial charge on any atom is -0.537 e. The maximum Gasteiger partial charge on any atom is 0.569 e. The summed E-state index contributed by atoms with van der Waals surface area (Å²) in [6, 6.07) is 38.0. The zero-order valence-electron chi connectivity index (χ0n) is 17.8. The first-order valence-electron chi connectivity index (χ1n) is 10.6. The van der Waals surface area contributed by atoms with E-state index in [9.17, 15) is 5.02 Å². The fourth-order valence-electron chi connectivity index (χ4n) is 3.75. The van der Waals surface area contributed by atoms with E-state index in [4.69, 9.17) is 14.6 Å². The first kappa shape index (κ1) is 20.7. The second-order valence-corrected chi connectivity index (χ2v) is 7.49. The molecule has 0 saturated heterocycles. The van der Waals surface area contributed by atoms with Gasteiger partial charge in [-0.15, -0.1) is 0 Å². The fourth-order valence-corrected chi connectivity index (χ4v) is 3.75. The summed E-state index contributed by atoms with van der Waals surface area (Å²) in [5.41, 5.74) is 6.52. The molecule has 0 saturated carbocycles. The lowest BCUT2D eigenvalue weighted by molar-refractivity contribution is 0.454. The smallest absolute Gasteiger partial charge is 0.537 e. The molecule has 0 spiro atoms. The second kappa shape index (κ2) is 9.51. The Labute approximate surface area is 193 Å². The molecule has 157 valence electrons. The molecule has 1 N–H and O–H groups in total. The van der Waals surface area contributed by atoms with Crippen molar-refractivity contribution in [3.63, 3.8) is 0 Å². The Bertz CT molecular complexity index is 1360. The van der Waals surface area contributed by atoms with E-state index >= 15 is 0 Å². The van der Waals surface area contributed by atoms with Crippen LogP contribution in [0, 0.1) is 0 Å². The molecule has 4 aromatic carbocycles. The number of rotatable bonds is 6. The van der Waals surface area contributed by atoms with Crippen LogP contribution in [0.2, 0.25) is 0 Å². The summed E-state index contributed by atoms with van der Waals surface area (Å²) in [6.45, 7) is 0. The van der Waals surface area contributed by atoms with Crippen LogP contribution in [0.1, 0.15) is 0 Å². The summed E-state index contributed by atoms with van der Waals surface area (Å²) >= 11 is 0. The summed E-state index contributed by atoms with van der Waals surface area (Å²) in [5, 5.41) is 9.20. The maximum atomic E-state index is 9.20. The van der Waals surface area contributed by atoms with Crippen LogP contribution in [0.3, 0.4) is 0 Å². The maximum absolute atomic E-state index is 9.20. The number of aromatic nitrogens is 2. The monoisotopic (exact) mass is 427 g/mol. The molecule has 1 radical (unpaired) electrons. The molecule has 0 bridgehead atoms. The van der Waals surface area contributed by atoms with E-state index in [-0.39, 0.29) is 0 Å². The number of hydrogen-bond acceptors (Lipinski definition) is 4. The molecule has 1 heterocycles. The largest absolute Gasteiger partial charge is 0.569 e. The Kier molecular flexibility index (Phi) is 5.96. The van der Waals surface area contributed by atoms with Crippen molar-refractivity contribution in [2.75, 3.05) is 0 Å². The molecule has 0 atom stereocenters. The third-order valence-corrected chi connectivity index (χ3v) is 5.39. The number of hydrogen-bond donors (Lipinski definition) is 1. The minimum atomic E-state index is 0.517. The first-order chi connectivity index (χ1) is 16.3. The molecule has 0 aliphatic rings. The zero-order valence-corrected chi connectivity index (χ0v) is 17.8. The van der Waals surface area contributed by atoms with Gasteiger partial charge in [-0.05, 0) is 29.3 Å². The first-order valence-corrected chi connectivity index (χ1v) is 10.6. The van der Waals surface area contributed by atoms with Gasteiger partial charge in [0.05, 0.1) is 11.4 Å². The van der Waals surface area contributed by atoms with E-state index < -0.39 is 0 Å². The van der Waals surface area contributed by atoms with E-state index in [0.717, 1.165) is 27.9 Å². The van der Waals surface area contributed by atoms with Gasteiger partial charge in [-0.2, -0.15) is 0 Å². The van der Waals surface area contributed by atoms with Crippen molar-refractivity contribution in [3.05, 3.63) is 115 Å². The van der Waals surface area contributed by atoms with Crippen molar-refractivity contribution in [2.45, 2.75) is 0 Å². The van der Waals surface area contributed by atoms with E-state index in [1.165, 1.54) is 5.56 Å². The third kappa shape index (κ3) is 4.54. The van der Waals surface area contributed by atoms with Gasteiger partial charge in [-0.1, -0.05) is 97.1 Å². The Morgan fingerprint density at radius 3 is 1.79 bits per heavy atom. The molecular formula is C28H20BN2O2. The predicted molar refractivity (Wildman–Crippen MR) is 132 cm³/mol. The van der Waals surface area contributed by atoms with Crippen LogP contribution in [0.15, 0.2) is 115 Å².